The predicted octanol–water partition coefficient (Wildman–Crippen LogP) is 1.12. The minimum atomic E-state index is -0.0167. The lowest BCUT2D eigenvalue weighted by Gasteiger charge is -2.28. The molecule has 0 bridgehead atoms. The Bertz CT molecular complexity index is 215. The molecule has 0 aromatic heterocycles. The SMILES string of the molecule is COC(C)CC(=O)NCC(C)(C)CN(C)C. The van der Waals surface area contributed by atoms with Crippen LogP contribution in [0.4, 0.5) is 0 Å². The third-order valence-electron chi connectivity index (χ3n) is 2.38. The molecule has 0 aliphatic carbocycles. The van der Waals surface area contributed by atoms with Crippen molar-refractivity contribution in [1.82, 2.24) is 10.2 Å². The molecule has 0 saturated carbocycles. The zero-order chi connectivity index (χ0) is 12.8. The molecule has 0 aliphatic rings. The van der Waals surface area contributed by atoms with Gasteiger partial charge in [-0.05, 0) is 26.4 Å². The van der Waals surface area contributed by atoms with Gasteiger partial charge in [-0.3, -0.25) is 4.79 Å². The lowest BCUT2D eigenvalue weighted by molar-refractivity contribution is -0.123. The fraction of sp³-hybridized carbons (Fsp3) is 0.917. The Balaban J connectivity index is 3.90. The molecular weight excluding hydrogens is 204 g/mol. The molecule has 0 aromatic rings. The summed E-state index contributed by atoms with van der Waals surface area (Å²) in [6.07, 6.45) is 0.408. The quantitative estimate of drug-likeness (QED) is 0.712. The summed E-state index contributed by atoms with van der Waals surface area (Å²) in [5, 5.41) is 2.95. The van der Waals surface area contributed by atoms with Crippen LogP contribution in [0.1, 0.15) is 27.2 Å². The predicted molar refractivity (Wildman–Crippen MR) is 66.4 cm³/mol. The molecule has 4 nitrogen and oxygen atoms in total. The maximum Gasteiger partial charge on any atom is 0.222 e. The van der Waals surface area contributed by atoms with Crippen molar-refractivity contribution >= 4 is 5.91 Å². The third kappa shape index (κ3) is 7.65. The second-order valence-corrected chi connectivity index (χ2v) is 5.43. The van der Waals surface area contributed by atoms with Gasteiger partial charge in [0.05, 0.1) is 12.5 Å². The van der Waals surface area contributed by atoms with Gasteiger partial charge in [-0.1, -0.05) is 13.8 Å². The summed E-state index contributed by atoms with van der Waals surface area (Å²) in [6, 6.07) is 0. The van der Waals surface area contributed by atoms with E-state index in [1.807, 2.05) is 21.0 Å². The van der Waals surface area contributed by atoms with Crippen LogP contribution < -0.4 is 5.32 Å². The number of methoxy groups -OCH3 is 1. The smallest absolute Gasteiger partial charge is 0.222 e. The van der Waals surface area contributed by atoms with Crippen molar-refractivity contribution in [3.63, 3.8) is 0 Å². The molecule has 0 saturated heterocycles. The van der Waals surface area contributed by atoms with Crippen molar-refractivity contribution < 1.29 is 9.53 Å². The number of hydrogen-bond donors (Lipinski definition) is 1. The fourth-order valence-electron chi connectivity index (χ4n) is 1.67. The van der Waals surface area contributed by atoms with E-state index >= 15 is 0 Å². The van der Waals surface area contributed by atoms with Crippen LogP contribution in [-0.2, 0) is 9.53 Å². The van der Waals surface area contributed by atoms with E-state index in [1.165, 1.54) is 0 Å². The molecule has 0 spiro atoms. The van der Waals surface area contributed by atoms with Gasteiger partial charge in [0.1, 0.15) is 0 Å². The first-order chi connectivity index (χ1) is 7.26. The van der Waals surface area contributed by atoms with Crippen LogP contribution in [0.2, 0.25) is 0 Å². The van der Waals surface area contributed by atoms with Gasteiger partial charge in [0.25, 0.3) is 0 Å². The summed E-state index contributed by atoms with van der Waals surface area (Å²) in [6.45, 7) is 7.83. The Labute approximate surface area is 99.3 Å². The van der Waals surface area contributed by atoms with Gasteiger partial charge in [0.2, 0.25) is 5.91 Å². The number of nitrogens with zero attached hydrogens (tertiary/aromatic N) is 1. The van der Waals surface area contributed by atoms with Crippen LogP contribution in [0, 0.1) is 5.41 Å². The van der Waals surface area contributed by atoms with E-state index in [-0.39, 0.29) is 17.4 Å². The van der Waals surface area contributed by atoms with E-state index in [9.17, 15) is 4.79 Å². The van der Waals surface area contributed by atoms with Crippen LogP contribution >= 0.6 is 0 Å². The van der Waals surface area contributed by atoms with Crippen molar-refractivity contribution in [3.05, 3.63) is 0 Å². The molecule has 1 unspecified atom stereocenters. The molecule has 1 amide bonds. The number of carbonyl (C=O) groups is 1. The average molecular weight is 230 g/mol. The molecule has 0 heterocycles. The van der Waals surface area contributed by atoms with Gasteiger partial charge in [0.15, 0.2) is 0 Å². The van der Waals surface area contributed by atoms with Gasteiger partial charge in [0, 0.05) is 20.2 Å². The number of rotatable bonds is 7. The Morgan fingerprint density at radius 3 is 2.44 bits per heavy atom. The summed E-state index contributed by atoms with van der Waals surface area (Å²) in [5.41, 5.74) is 0.0927. The van der Waals surface area contributed by atoms with Gasteiger partial charge in [-0.15, -0.1) is 0 Å². The third-order valence-corrected chi connectivity index (χ3v) is 2.38. The highest BCUT2D eigenvalue weighted by Gasteiger charge is 2.20. The minimum absolute atomic E-state index is 0.0167. The molecule has 0 aromatic carbocycles. The number of amides is 1. The first-order valence-corrected chi connectivity index (χ1v) is 5.71. The summed E-state index contributed by atoms with van der Waals surface area (Å²) >= 11 is 0. The van der Waals surface area contributed by atoms with Crippen LogP contribution in [0.25, 0.3) is 0 Å². The number of carbonyl (C=O) groups excluding carboxylic acids is 1. The first-order valence-electron chi connectivity index (χ1n) is 5.71. The van der Waals surface area contributed by atoms with E-state index in [0.717, 1.165) is 6.54 Å². The largest absolute Gasteiger partial charge is 0.381 e. The zero-order valence-electron chi connectivity index (χ0n) is 11.5. The molecule has 0 aliphatic heterocycles. The van der Waals surface area contributed by atoms with Gasteiger partial charge in [-0.2, -0.15) is 0 Å². The molecule has 1 atom stereocenters. The Morgan fingerprint density at radius 2 is 2.00 bits per heavy atom. The molecule has 16 heavy (non-hydrogen) atoms. The van der Waals surface area contributed by atoms with Crippen LogP contribution in [-0.4, -0.2) is 51.2 Å². The second kappa shape index (κ2) is 6.86. The van der Waals surface area contributed by atoms with E-state index < -0.39 is 0 Å². The number of ether oxygens (including phenoxy) is 1. The second-order valence-electron chi connectivity index (χ2n) is 5.43. The van der Waals surface area contributed by atoms with Crippen molar-refractivity contribution in [2.45, 2.75) is 33.3 Å². The highest BCUT2D eigenvalue weighted by Crippen LogP contribution is 2.14. The van der Waals surface area contributed by atoms with E-state index in [1.54, 1.807) is 7.11 Å². The fourth-order valence-corrected chi connectivity index (χ4v) is 1.67. The van der Waals surface area contributed by atoms with Crippen molar-refractivity contribution in [2.75, 3.05) is 34.3 Å². The highest BCUT2D eigenvalue weighted by atomic mass is 16.5. The summed E-state index contributed by atoms with van der Waals surface area (Å²) in [4.78, 5) is 13.7. The highest BCUT2D eigenvalue weighted by molar-refractivity contribution is 5.76. The maximum absolute atomic E-state index is 11.5. The zero-order valence-corrected chi connectivity index (χ0v) is 11.5. The van der Waals surface area contributed by atoms with Crippen LogP contribution in [0.15, 0.2) is 0 Å². The molecule has 4 heteroatoms. The average Bonchev–Trinajstić information content (AvgIpc) is 2.13. The van der Waals surface area contributed by atoms with Crippen molar-refractivity contribution in [3.8, 4) is 0 Å². The standard InChI is InChI=1S/C12H26N2O2/c1-10(16-6)7-11(15)13-8-12(2,3)9-14(4)5/h10H,7-9H2,1-6H3,(H,13,15). The molecular formula is C12H26N2O2. The monoisotopic (exact) mass is 230 g/mol. The maximum atomic E-state index is 11.5. The first kappa shape index (κ1) is 15.4. The number of hydrogen-bond acceptors (Lipinski definition) is 3. The summed E-state index contributed by atoms with van der Waals surface area (Å²) in [7, 11) is 5.70. The molecule has 0 fully saturated rings. The van der Waals surface area contributed by atoms with Crippen molar-refractivity contribution in [1.29, 1.82) is 0 Å². The molecule has 1 N–H and O–H groups in total. The normalized spacial score (nSPS) is 13.9. The van der Waals surface area contributed by atoms with Crippen molar-refractivity contribution in [2.24, 2.45) is 5.41 Å². The lowest BCUT2D eigenvalue weighted by Crippen LogP contribution is -2.40. The van der Waals surface area contributed by atoms with E-state index in [4.69, 9.17) is 4.74 Å². The van der Waals surface area contributed by atoms with E-state index in [2.05, 4.69) is 24.1 Å². The molecule has 0 radical (unpaired) electrons. The Hall–Kier alpha value is -0.610. The lowest BCUT2D eigenvalue weighted by atomic mass is 9.93. The van der Waals surface area contributed by atoms with Gasteiger partial charge >= 0.3 is 0 Å². The van der Waals surface area contributed by atoms with Crippen LogP contribution in [0.3, 0.4) is 0 Å². The van der Waals surface area contributed by atoms with Gasteiger partial charge in [-0.25, -0.2) is 0 Å². The summed E-state index contributed by atoms with van der Waals surface area (Å²) < 4.78 is 5.05. The summed E-state index contributed by atoms with van der Waals surface area (Å²) in [5.74, 6) is 0.0566. The van der Waals surface area contributed by atoms with Crippen LogP contribution in [0.5, 0.6) is 0 Å². The molecule has 96 valence electrons. The minimum Gasteiger partial charge on any atom is -0.381 e. The Kier molecular flexibility index (Phi) is 6.60. The Morgan fingerprint density at radius 1 is 1.44 bits per heavy atom. The topological polar surface area (TPSA) is 41.6 Å². The van der Waals surface area contributed by atoms with Gasteiger partial charge < -0.3 is 15.0 Å². The number of nitrogens with one attached hydrogen (secondary N) is 1. The molecule has 0 rings (SSSR count). The van der Waals surface area contributed by atoms with E-state index in [0.29, 0.717) is 13.0 Å².